The summed E-state index contributed by atoms with van der Waals surface area (Å²) in [5, 5.41) is 6.69. The third-order valence-electron chi connectivity index (χ3n) is 18.6. The Morgan fingerprint density at radius 1 is 0.397 bits per heavy atom. The molecule has 8 fully saturated rings. The first-order chi connectivity index (χ1) is 31.0. The van der Waals surface area contributed by atoms with Gasteiger partial charge in [0.1, 0.15) is 11.2 Å². The minimum atomic E-state index is 0.338. The van der Waals surface area contributed by atoms with Gasteiger partial charge in [-0.1, -0.05) is 127 Å². The fourth-order valence-corrected chi connectivity index (χ4v) is 16.4. The van der Waals surface area contributed by atoms with Crippen LogP contribution in [0.2, 0.25) is 0 Å². The first kappa shape index (κ1) is 35.6. The predicted octanol–water partition coefficient (Wildman–Crippen LogP) is 14.7. The number of benzene rings is 6. The quantitative estimate of drug-likeness (QED) is 0.174. The van der Waals surface area contributed by atoms with E-state index in [4.69, 9.17) is 19.4 Å². The molecule has 0 radical (unpaired) electrons. The van der Waals surface area contributed by atoms with E-state index in [1.807, 2.05) is 0 Å². The topological polar surface area (TPSA) is 51.8 Å². The molecule has 0 aliphatic heterocycles. The summed E-state index contributed by atoms with van der Waals surface area (Å²) in [5.74, 6) is 7.69. The standard InChI is InChI=1S/C59H51N3O/c1-3-10-47-45(8-1)46-9-2-4-11-48(46)50-13-7-14-51(53(50)63-52-15-6-5-12-49(47)52)56-61-54(38-16-20-40(21-17-38)57-29-35-24-36(30-57)26-37(25-35)31-57)60-55(62-56)39-18-22-41(23-19-39)58-32-43-27-42-28-44(33-58)59(42,43)34-58/h1-23,35-37,42-44H,24-34H2/t35-,36+,37?,42?,43-,44+,57?,58?,59?. The summed E-state index contributed by atoms with van der Waals surface area (Å²) in [6.45, 7) is 0. The largest absolute Gasteiger partial charge is 0.455 e. The SMILES string of the molecule is c1ccc2c(c1)oc1c(-c3nc(-c4ccc(C56C[C@H]7CC8C[C@@H](C5)C87C6)cc4)nc(-c4ccc(C56CC7C[C@H](C5)C[C@@H](C7)C6)cc4)n3)cccc1c1ccccc1c1ccccc21. The lowest BCUT2D eigenvalue weighted by Crippen LogP contribution is -2.59. The molecular weight excluding hydrogens is 767 g/mol. The highest BCUT2D eigenvalue weighted by atomic mass is 16.3. The molecule has 2 aromatic heterocycles. The van der Waals surface area contributed by atoms with Crippen LogP contribution in [0.5, 0.6) is 0 Å². The second-order valence-corrected chi connectivity index (χ2v) is 21.6. The molecule has 2 heterocycles. The third-order valence-corrected chi connectivity index (χ3v) is 18.6. The number of aromatic nitrogens is 3. The van der Waals surface area contributed by atoms with Crippen LogP contribution in [0, 0.1) is 40.9 Å². The van der Waals surface area contributed by atoms with Crippen LogP contribution in [-0.2, 0) is 10.8 Å². The molecule has 6 aromatic carbocycles. The van der Waals surface area contributed by atoms with Crippen molar-refractivity contribution in [3.05, 3.63) is 151 Å². The minimum Gasteiger partial charge on any atom is -0.455 e. The van der Waals surface area contributed by atoms with Crippen molar-refractivity contribution in [3.8, 4) is 34.2 Å². The molecule has 6 bridgehead atoms. The molecule has 0 N–H and O–H groups in total. The van der Waals surface area contributed by atoms with E-state index in [1.54, 1.807) is 0 Å². The number of hydrogen-bond acceptors (Lipinski definition) is 4. The minimum absolute atomic E-state index is 0.338. The van der Waals surface area contributed by atoms with Crippen molar-refractivity contribution in [3.63, 3.8) is 0 Å². The van der Waals surface area contributed by atoms with Crippen molar-refractivity contribution in [1.82, 2.24) is 15.0 Å². The summed E-state index contributed by atoms with van der Waals surface area (Å²) in [7, 11) is 0. The van der Waals surface area contributed by atoms with Gasteiger partial charge in [0, 0.05) is 21.9 Å². The lowest BCUT2D eigenvalue weighted by molar-refractivity contribution is -0.175. The van der Waals surface area contributed by atoms with Gasteiger partial charge in [0.05, 0.1) is 5.56 Å². The summed E-state index contributed by atoms with van der Waals surface area (Å²) in [6.07, 6.45) is 15.6. The fraction of sp³-hybridized carbons (Fsp3) is 0.339. The van der Waals surface area contributed by atoms with Crippen molar-refractivity contribution in [1.29, 1.82) is 0 Å². The number of para-hydroxylation sites is 2. The third kappa shape index (κ3) is 4.96. The zero-order chi connectivity index (χ0) is 41.1. The molecule has 63 heavy (non-hydrogen) atoms. The predicted molar refractivity (Wildman–Crippen MR) is 254 cm³/mol. The molecule has 4 nitrogen and oxygen atoms in total. The van der Waals surface area contributed by atoms with E-state index in [-0.39, 0.29) is 0 Å². The lowest BCUT2D eigenvalue weighted by Gasteiger charge is -2.66. The molecule has 308 valence electrons. The Bertz CT molecular complexity index is 3160. The van der Waals surface area contributed by atoms with E-state index in [1.165, 1.54) is 92.5 Å². The highest BCUT2D eigenvalue weighted by Gasteiger charge is 2.77. The van der Waals surface area contributed by atoms with Gasteiger partial charge < -0.3 is 4.42 Å². The van der Waals surface area contributed by atoms with Gasteiger partial charge in [-0.15, -0.1) is 0 Å². The average Bonchev–Trinajstić information content (AvgIpc) is 3.82. The number of rotatable bonds is 5. The van der Waals surface area contributed by atoms with E-state index in [0.29, 0.717) is 33.7 Å². The molecule has 8 saturated carbocycles. The Morgan fingerprint density at radius 3 is 1.43 bits per heavy atom. The molecule has 1 spiro atoms. The van der Waals surface area contributed by atoms with Crippen LogP contribution in [0.3, 0.4) is 0 Å². The first-order valence-electron chi connectivity index (χ1n) is 24.1. The van der Waals surface area contributed by atoms with Crippen LogP contribution >= 0.6 is 0 Å². The molecule has 8 aliphatic carbocycles. The molecule has 4 heteroatoms. The zero-order valence-corrected chi connectivity index (χ0v) is 35.8. The molecular formula is C59H51N3O. The van der Waals surface area contributed by atoms with Gasteiger partial charge >= 0.3 is 0 Å². The second kappa shape index (κ2) is 12.6. The van der Waals surface area contributed by atoms with Gasteiger partial charge in [-0.05, 0) is 167 Å². The zero-order valence-electron chi connectivity index (χ0n) is 35.8. The Labute approximate surface area is 368 Å². The Morgan fingerprint density at radius 2 is 0.873 bits per heavy atom. The van der Waals surface area contributed by atoms with Crippen molar-refractivity contribution in [2.45, 2.75) is 81.5 Å². The van der Waals surface area contributed by atoms with Crippen LogP contribution in [0.1, 0.15) is 81.8 Å². The molecule has 0 amide bonds. The Balaban J connectivity index is 0.920. The number of fused-ring (bicyclic) bond motifs is 8. The maximum absolute atomic E-state index is 7.22. The highest BCUT2D eigenvalue weighted by molar-refractivity contribution is 6.19. The van der Waals surface area contributed by atoms with Crippen molar-refractivity contribution >= 4 is 43.5 Å². The summed E-state index contributed by atoms with van der Waals surface area (Å²) in [4.78, 5) is 16.1. The van der Waals surface area contributed by atoms with E-state index in [0.717, 1.165) is 84.9 Å². The maximum Gasteiger partial charge on any atom is 0.167 e. The lowest BCUT2D eigenvalue weighted by atomic mass is 9.38. The summed E-state index contributed by atoms with van der Waals surface area (Å²) in [6, 6.07) is 51.2. The summed E-state index contributed by atoms with van der Waals surface area (Å²) >= 11 is 0. The van der Waals surface area contributed by atoms with Gasteiger partial charge in [-0.25, -0.2) is 15.0 Å². The van der Waals surface area contributed by atoms with Gasteiger partial charge in [0.2, 0.25) is 0 Å². The number of nitrogens with zero attached hydrogens (tertiary/aromatic N) is 3. The maximum atomic E-state index is 7.22. The molecule has 16 rings (SSSR count). The van der Waals surface area contributed by atoms with E-state index >= 15 is 0 Å². The van der Waals surface area contributed by atoms with Crippen LogP contribution in [0.15, 0.2) is 144 Å². The smallest absolute Gasteiger partial charge is 0.167 e. The Kier molecular flexibility index (Phi) is 7.14. The van der Waals surface area contributed by atoms with Crippen LogP contribution in [0.25, 0.3) is 77.6 Å². The summed E-state index contributed by atoms with van der Waals surface area (Å²) < 4.78 is 7.22. The van der Waals surface area contributed by atoms with Gasteiger partial charge in [-0.3, -0.25) is 0 Å². The van der Waals surface area contributed by atoms with Crippen molar-refractivity contribution in [2.24, 2.45) is 40.9 Å². The van der Waals surface area contributed by atoms with Gasteiger partial charge in [0.15, 0.2) is 17.5 Å². The van der Waals surface area contributed by atoms with Gasteiger partial charge in [0.25, 0.3) is 0 Å². The van der Waals surface area contributed by atoms with Crippen molar-refractivity contribution < 1.29 is 4.42 Å². The number of hydrogen-bond donors (Lipinski definition) is 0. The van der Waals surface area contributed by atoms with Crippen LogP contribution in [-0.4, -0.2) is 15.0 Å². The van der Waals surface area contributed by atoms with E-state index in [2.05, 4.69) is 140 Å². The second-order valence-electron chi connectivity index (χ2n) is 21.6. The van der Waals surface area contributed by atoms with E-state index in [9.17, 15) is 0 Å². The average molecular weight is 818 g/mol. The van der Waals surface area contributed by atoms with Crippen LogP contribution < -0.4 is 0 Å². The molecule has 5 atom stereocenters. The Hall–Kier alpha value is -5.87. The highest BCUT2D eigenvalue weighted by Crippen LogP contribution is 2.84. The monoisotopic (exact) mass is 817 g/mol. The van der Waals surface area contributed by atoms with Crippen molar-refractivity contribution in [2.75, 3.05) is 0 Å². The summed E-state index contributed by atoms with van der Waals surface area (Å²) in [5.41, 5.74) is 8.92. The normalized spacial score (nSPS) is 31.6. The van der Waals surface area contributed by atoms with Crippen LogP contribution in [0.4, 0.5) is 0 Å². The van der Waals surface area contributed by atoms with Gasteiger partial charge in [-0.2, -0.15) is 0 Å². The molecule has 8 aromatic rings. The molecule has 0 saturated heterocycles. The first-order valence-corrected chi connectivity index (χ1v) is 24.1. The molecule has 8 aliphatic rings. The molecule has 3 unspecified atom stereocenters. The fourth-order valence-electron chi connectivity index (χ4n) is 16.4. The van der Waals surface area contributed by atoms with E-state index < -0.39 is 0 Å².